The van der Waals surface area contributed by atoms with Crippen molar-refractivity contribution < 1.29 is 4.39 Å². The standard InChI is InChI=1S/C18H19ClFN/c1-2-9-21-18-8-4-12-10-13(3-6-15(12)18)16-11-14(20)5-7-17(16)19/h3,5-7,10-11,18,21H,2,4,8-9H2,1H3. The van der Waals surface area contributed by atoms with Crippen molar-refractivity contribution in [2.45, 2.75) is 32.2 Å². The number of hydrogen-bond acceptors (Lipinski definition) is 1. The molecular formula is C18H19ClFN. The van der Waals surface area contributed by atoms with Gasteiger partial charge in [0.15, 0.2) is 0 Å². The van der Waals surface area contributed by atoms with Crippen LogP contribution in [-0.4, -0.2) is 6.54 Å². The van der Waals surface area contributed by atoms with Gasteiger partial charge >= 0.3 is 0 Å². The summed E-state index contributed by atoms with van der Waals surface area (Å²) in [6, 6.07) is 11.3. The minimum Gasteiger partial charge on any atom is -0.310 e. The zero-order valence-corrected chi connectivity index (χ0v) is 12.9. The Hall–Kier alpha value is -1.38. The number of rotatable bonds is 4. The highest BCUT2D eigenvalue weighted by Gasteiger charge is 2.22. The molecule has 110 valence electrons. The fraction of sp³-hybridized carbons (Fsp3) is 0.333. The van der Waals surface area contributed by atoms with Crippen LogP contribution in [0.5, 0.6) is 0 Å². The van der Waals surface area contributed by atoms with Gasteiger partial charge in [0.05, 0.1) is 0 Å². The fourth-order valence-corrected chi connectivity index (χ4v) is 3.26. The second kappa shape index (κ2) is 6.17. The molecule has 1 aliphatic carbocycles. The Morgan fingerprint density at radius 3 is 2.90 bits per heavy atom. The van der Waals surface area contributed by atoms with Crippen LogP contribution in [0.1, 0.15) is 36.9 Å². The maximum absolute atomic E-state index is 13.4. The van der Waals surface area contributed by atoms with Gasteiger partial charge in [0.25, 0.3) is 0 Å². The summed E-state index contributed by atoms with van der Waals surface area (Å²) in [5.41, 5.74) is 4.49. The summed E-state index contributed by atoms with van der Waals surface area (Å²) in [7, 11) is 0. The smallest absolute Gasteiger partial charge is 0.123 e. The van der Waals surface area contributed by atoms with Crippen LogP contribution in [0.25, 0.3) is 11.1 Å². The van der Waals surface area contributed by atoms with Gasteiger partial charge in [0, 0.05) is 16.6 Å². The van der Waals surface area contributed by atoms with Crippen molar-refractivity contribution in [3.05, 3.63) is 58.4 Å². The van der Waals surface area contributed by atoms with E-state index in [4.69, 9.17) is 11.6 Å². The van der Waals surface area contributed by atoms with Crippen LogP contribution >= 0.6 is 11.6 Å². The van der Waals surface area contributed by atoms with Crippen molar-refractivity contribution in [2.24, 2.45) is 0 Å². The van der Waals surface area contributed by atoms with E-state index < -0.39 is 0 Å². The molecule has 0 fully saturated rings. The van der Waals surface area contributed by atoms with Gasteiger partial charge in [-0.05, 0) is 60.7 Å². The van der Waals surface area contributed by atoms with E-state index in [9.17, 15) is 4.39 Å². The van der Waals surface area contributed by atoms with E-state index in [0.29, 0.717) is 11.1 Å². The molecule has 0 aliphatic heterocycles. The summed E-state index contributed by atoms with van der Waals surface area (Å²) in [6.07, 6.45) is 3.34. The first-order chi connectivity index (χ1) is 10.2. The summed E-state index contributed by atoms with van der Waals surface area (Å²) in [5.74, 6) is -0.252. The van der Waals surface area contributed by atoms with Gasteiger partial charge in [-0.15, -0.1) is 0 Å². The lowest BCUT2D eigenvalue weighted by Gasteiger charge is -2.14. The molecule has 0 spiro atoms. The average molecular weight is 304 g/mol. The SMILES string of the molecule is CCCNC1CCc2cc(-c3cc(F)ccc3Cl)ccc21. The van der Waals surface area contributed by atoms with E-state index >= 15 is 0 Å². The lowest BCUT2D eigenvalue weighted by Crippen LogP contribution is -2.19. The van der Waals surface area contributed by atoms with E-state index in [1.54, 1.807) is 6.07 Å². The predicted octanol–water partition coefficient (Wildman–Crippen LogP) is 5.13. The number of nitrogens with one attached hydrogen (secondary N) is 1. The molecule has 2 aromatic rings. The monoisotopic (exact) mass is 303 g/mol. The van der Waals surface area contributed by atoms with E-state index in [-0.39, 0.29) is 5.82 Å². The Morgan fingerprint density at radius 1 is 1.24 bits per heavy atom. The average Bonchev–Trinajstić information content (AvgIpc) is 2.90. The molecule has 3 rings (SSSR count). The largest absolute Gasteiger partial charge is 0.310 e. The fourth-order valence-electron chi connectivity index (χ4n) is 3.03. The number of halogens is 2. The molecule has 1 nitrogen and oxygen atoms in total. The van der Waals surface area contributed by atoms with Gasteiger partial charge < -0.3 is 5.32 Å². The molecule has 2 aromatic carbocycles. The molecular weight excluding hydrogens is 285 g/mol. The molecule has 1 unspecified atom stereocenters. The molecule has 1 aliphatic rings. The second-order valence-electron chi connectivity index (χ2n) is 5.58. The Kier molecular flexibility index (Phi) is 4.27. The first-order valence-electron chi connectivity index (χ1n) is 7.50. The zero-order valence-electron chi connectivity index (χ0n) is 12.1. The lowest BCUT2D eigenvalue weighted by molar-refractivity contribution is 0.529. The van der Waals surface area contributed by atoms with Crippen molar-refractivity contribution in [1.82, 2.24) is 5.32 Å². The predicted molar refractivity (Wildman–Crippen MR) is 86.2 cm³/mol. The van der Waals surface area contributed by atoms with Gasteiger partial charge in [0.2, 0.25) is 0 Å². The molecule has 1 N–H and O–H groups in total. The number of fused-ring (bicyclic) bond motifs is 1. The van der Waals surface area contributed by atoms with Crippen LogP contribution in [0.3, 0.4) is 0 Å². The van der Waals surface area contributed by atoms with Crippen LogP contribution in [0.15, 0.2) is 36.4 Å². The van der Waals surface area contributed by atoms with Gasteiger partial charge in [-0.2, -0.15) is 0 Å². The second-order valence-corrected chi connectivity index (χ2v) is 5.99. The van der Waals surface area contributed by atoms with Crippen LogP contribution < -0.4 is 5.32 Å². The summed E-state index contributed by atoms with van der Waals surface area (Å²) < 4.78 is 13.4. The molecule has 0 saturated carbocycles. The Labute approximate surface area is 130 Å². The topological polar surface area (TPSA) is 12.0 Å². The van der Waals surface area contributed by atoms with Crippen LogP contribution in [-0.2, 0) is 6.42 Å². The van der Waals surface area contributed by atoms with Crippen LogP contribution in [0.4, 0.5) is 4.39 Å². The first-order valence-corrected chi connectivity index (χ1v) is 7.88. The minimum absolute atomic E-state index is 0.252. The van der Waals surface area contributed by atoms with Crippen LogP contribution in [0.2, 0.25) is 5.02 Å². The lowest BCUT2D eigenvalue weighted by atomic mass is 9.99. The number of aryl methyl sites for hydroxylation is 1. The molecule has 0 radical (unpaired) electrons. The molecule has 0 heterocycles. The minimum atomic E-state index is -0.252. The van der Waals surface area contributed by atoms with Crippen molar-refractivity contribution in [3.63, 3.8) is 0 Å². The molecule has 21 heavy (non-hydrogen) atoms. The van der Waals surface area contributed by atoms with Crippen molar-refractivity contribution in [3.8, 4) is 11.1 Å². The van der Waals surface area contributed by atoms with Crippen molar-refractivity contribution in [2.75, 3.05) is 6.54 Å². The van der Waals surface area contributed by atoms with E-state index in [1.807, 2.05) is 6.07 Å². The Balaban J connectivity index is 1.92. The van der Waals surface area contributed by atoms with Gasteiger partial charge in [-0.25, -0.2) is 4.39 Å². The highest BCUT2D eigenvalue weighted by molar-refractivity contribution is 6.33. The van der Waals surface area contributed by atoms with Crippen molar-refractivity contribution in [1.29, 1.82) is 0 Å². The van der Waals surface area contributed by atoms with E-state index in [1.165, 1.54) is 23.3 Å². The summed E-state index contributed by atoms with van der Waals surface area (Å²) in [6.45, 7) is 3.22. The molecule has 0 amide bonds. The highest BCUT2D eigenvalue weighted by Crippen LogP contribution is 2.36. The van der Waals surface area contributed by atoms with Crippen molar-refractivity contribution >= 4 is 11.6 Å². The van der Waals surface area contributed by atoms with E-state index in [0.717, 1.165) is 36.9 Å². The third-order valence-corrected chi connectivity index (χ3v) is 4.43. The zero-order chi connectivity index (χ0) is 14.8. The first kappa shape index (κ1) is 14.6. The van der Waals surface area contributed by atoms with E-state index in [2.05, 4.69) is 24.4 Å². The maximum Gasteiger partial charge on any atom is 0.123 e. The summed E-state index contributed by atoms with van der Waals surface area (Å²) in [5, 5.41) is 4.17. The van der Waals surface area contributed by atoms with Gasteiger partial charge in [-0.1, -0.05) is 36.7 Å². The summed E-state index contributed by atoms with van der Waals surface area (Å²) in [4.78, 5) is 0. The van der Waals surface area contributed by atoms with Gasteiger partial charge in [0.1, 0.15) is 5.82 Å². The maximum atomic E-state index is 13.4. The highest BCUT2D eigenvalue weighted by atomic mass is 35.5. The quantitative estimate of drug-likeness (QED) is 0.825. The molecule has 0 saturated heterocycles. The third kappa shape index (κ3) is 2.97. The molecule has 0 aromatic heterocycles. The molecule has 3 heteroatoms. The Bertz CT molecular complexity index is 654. The summed E-state index contributed by atoms with van der Waals surface area (Å²) >= 11 is 6.20. The Morgan fingerprint density at radius 2 is 2.10 bits per heavy atom. The number of hydrogen-bond donors (Lipinski definition) is 1. The molecule has 0 bridgehead atoms. The van der Waals surface area contributed by atoms with Gasteiger partial charge in [-0.3, -0.25) is 0 Å². The van der Waals surface area contributed by atoms with Crippen LogP contribution in [0, 0.1) is 5.82 Å². The number of benzene rings is 2. The third-order valence-electron chi connectivity index (χ3n) is 4.10. The normalized spacial score (nSPS) is 17.0. The molecule has 1 atom stereocenters.